The first kappa shape index (κ1) is 17.8. The highest BCUT2D eigenvalue weighted by Crippen LogP contribution is 2.44. The number of methoxy groups -OCH3 is 1. The summed E-state index contributed by atoms with van der Waals surface area (Å²) in [5.74, 6) is 1.67. The van der Waals surface area contributed by atoms with Crippen molar-refractivity contribution in [1.29, 1.82) is 0 Å². The van der Waals surface area contributed by atoms with Crippen LogP contribution in [0, 0.1) is 6.92 Å². The Labute approximate surface area is 169 Å². The monoisotopic (exact) mass is 392 g/mol. The average Bonchev–Trinajstić information content (AvgIpc) is 3.21. The number of aryl methyl sites for hydroxylation is 1. The van der Waals surface area contributed by atoms with Gasteiger partial charge in [0.15, 0.2) is 11.5 Å². The van der Waals surface area contributed by atoms with Crippen molar-refractivity contribution in [2.75, 3.05) is 20.2 Å². The summed E-state index contributed by atoms with van der Waals surface area (Å²) in [6, 6.07) is 10.7. The second-order valence-corrected chi connectivity index (χ2v) is 8.76. The third-order valence-corrected chi connectivity index (χ3v) is 6.90. The third-order valence-electron chi connectivity index (χ3n) is 5.80. The molecule has 0 atom stereocenters. The number of pyridine rings is 1. The smallest absolute Gasteiger partial charge is 0.164 e. The van der Waals surface area contributed by atoms with Gasteiger partial charge in [-0.15, -0.1) is 11.8 Å². The van der Waals surface area contributed by atoms with Crippen molar-refractivity contribution in [3.05, 3.63) is 47.0 Å². The van der Waals surface area contributed by atoms with Gasteiger partial charge in [-0.3, -0.25) is 4.90 Å². The van der Waals surface area contributed by atoms with Crippen molar-refractivity contribution < 1.29 is 9.84 Å². The minimum atomic E-state index is 0.226. The van der Waals surface area contributed by atoms with Crippen LogP contribution in [0.1, 0.15) is 29.5 Å². The van der Waals surface area contributed by atoms with Gasteiger partial charge in [0.05, 0.1) is 18.3 Å². The van der Waals surface area contributed by atoms with Crippen LogP contribution >= 0.6 is 11.8 Å². The lowest BCUT2D eigenvalue weighted by Gasteiger charge is -2.22. The van der Waals surface area contributed by atoms with E-state index in [1.54, 1.807) is 7.11 Å². The molecule has 1 saturated heterocycles. The van der Waals surface area contributed by atoms with Gasteiger partial charge in [0.25, 0.3) is 0 Å². The van der Waals surface area contributed by atoms with Gasteiger partial charge in [-0.1, -0.05) is 12.1 Å². The molecule has 2 aliphatic rings. The Balaban J connectivity index is 1.72. The summed E-state index contributed by atoms with van der Waals surface area (Å²) < 4.78 is 5.47. The number of hydrogen-bond donors (Lipinski definition) is 1. The Bertz CT molecular complexity index is 1070. The van der Waals surface area contributed by atoms with Crippen molar-refractivity contribution >= 4 is 22.7 Å². The molecule has 5 rings (SSSR count). The summed E-state index contributed by atoms with van der Waals surface area (Å²) in [5.41, 5.74) is 6.53. The predicted molar refractivity (Wildman–Crippen MR) is 114 cm³/mol. The van der Waals surface area contributed by atoms with Crippen molar-refractivity contribution in [3.8, 4) is 22.8 Å². The number of benzene rings is 2. The van der Waals surface area contributed by atoms with E-state index < -0.39 is 0 Å². The lowest BCUT2D eigenvalue weighted by molar-refractivity contribution is 0.319. The van der Waals surface area contributed by atoms with Crippen LogP contribution in [0.15, 0.2) is 35.2 Å². The van der Waals surface area contributed by atoms with Gasteiger partial charge in [-0.2, -0.15) is 0 Å². The molecular weight excluding hydrogens is 368 g/mol. The van der Waals surface area contributed by atoms with E-state index in [-0.39, 0.29) is 5.75 Å². The minimum Gasteiger partial charge on any atom is -0.504 e. The summed E-state index contributed by atoms with van der Waals surface area (Å²) in [5, 5.41) is 11.9. The summed E-state index contributed by atoms with van der Waals surface area (Å²) in [7, 11) is 1.61. The second kappa shape index (κ2) is 6.98. The average molecular weight is 393 g/mol. The molecule has 144 valence electrons. The Morgan fingerprint density at radius 2 is 2.00 bits per heavy atom. The zero-order valence-electron chi connectivity index (χ0n) is 16.3. The Kier molecular flexibility index (Phi) is 4.44. The van der Waals surface area contributed by atoms with Gasteiger partial charge >= 0.3 is 0 Å². The highest BCUT2D eigenvalue weighted by atomic mass is 32.2. The number of ether oxygens (including phenoxy) is 1. The van der Waals surface area contributed by atoms with E-state index in [4.69, 9.17) is 9.72 Å². The zero-order chi connectivity index (χ0) is 19.3. The van der Waals surface area contributed by atoms with Crippen molar-refractivity contribution in [2.45, 2.75) is 37.0 Å². The molecule has 2 aliphatic heterocycles. The molecule has 28 heavy (non-hydrogen) atoms. The van der Waals surface area contributed by atoms with Gasteiger partial charge in [-0.05, 0) is 62.2 Å². The van der Waals surface area contributed by atoms with Crippen molar-refractivity contribution in [1.82, 2.24) is 9.88 Å². The molecule has 5 heteroatoms. The van der Waals surface area contributed by atoms with Crippen LogP contribution in [0.5, 0.6) is 11.5 Å². The molecule has 0 amide bonds. The van der Waals surface area contributed by atoms with Gasteiger partial charge in [0.1, 0.15) is 0 Å². The molecular formula is C23H24N2O2S. The number of fused-ring (bicyclic) bond motifs is 4. The Morgan fingerprint density at radius 3 is 2.79 bits per heavy atom. The lowest BCUT2D eigenvalue weighted by atomic mass is 10.00. The molecule has 2 aromatic carbocycles. The van der Waals surface area contributed by atoms with Gasteiger partial charge in [-0.25, -0.2) is 4.98 Å². The van der Waals surface area contributed by atoms with Gasteiger partial charge < -0.3 is 9.84 Å². The molecule has 3 aromatic rings. The maximum atomic E-state index is 10.9. The number of aromatic hydroxyl groups is 1. The normalized spacial score (nSPS) is 16.2. The van der Waals surface area contributed by atoms with Crippen LogP contribution in [-0.2, 0) is 12.3 Å². The van der Waals surface area contributed by atoms with Crippen LogP contribution in [0.2, 0.25) is 0 Å². The third kappa shape index (κ3) is 2.93. The standard InChI is InChI=1S/C23H24N2O2S/c1-14-5-6-17-20(9-14)28-13-16-10-15-11-19(27-2)23(26)18(21(15)24-22(16)17)12-25-7-3-4-8-25/h5-6,9-11,26H,3-4,7-8,12-13H2,1-2H3. The van der Waals surface area contributed by atoms with E-state index in [2.05, 4.69) is 36.1 Å². The van der Waals surface area contributed by atoms with E-state index in [0.717, 1.165) is 41.0 Å². The lowest BCUT2D eigenvalue weighted by Crippen LogP contribution is -2.19. The van der Waals surface area contributed by atoms with Crippen LogP contribution in [0.3, 0.4) is 0 Å². The summed E-state index contributed by atoms with van der Waals surface area (Å²) in [6.45, 7) is 4.98. The Hall–Kier alpha value is -2.24. The molecule has 1 aromatic heterocycles. The minimum absolute atomic E-state index is 0.226. The SMILES string of the molecule is COc1cc2cc3c(nc2c(CN2CCCC2)c1O)-c1ccc(C)cc1SC3. The maximum Gasteiger partial charge on any atom is 0.164 e. The first-order chi connectivity index (χ1) is 13.6. The highest BCUT2D eigenvalue weighted by molar-refractivity contribution is 7.98. The van der Waals surface area contributed by atoms with E-state index in [1.165, 1.54) is 34.4 Å². The first-order valence-corrected chi connectivity index (χ1v) is 10.8. The van der Waals surface area contributed by atoms with E-state index >= 15 is 0 Å². The van der Waals surface area contributed by atoms with Crippen molar-refractivity contribution in [2.24, 2.45) is 0 Å². The second-order valence-electron chi connectivity index (χ2n) is 7.75. The summed E-state index contributed by atoms with van der Waals surface area (Å²) >= 11 is 1.87. The molecule has 3 heterocycles. The van der Waals surface area contributed by atoms with E-state index in [0.29, 0.717) is 12.3 Å². The van der Waals surface area contributed by atoms with Crippen LogP contribution < -0.4 is 4.74 Å². The molecule has 0 spiro atoms. The highest BCUT2D eigenvalue weighted by Gasteiger charge is 2.24. The molecule has 0 saturated carbocycles. The number of thioether (sulfide) groups is 1. The fraction of sp³-hybridized carbons (Fsp3) is 0.348. The number of phenolic OH excluding ortho intramolecular Hbond substituents is 1. The van der Waals surface area contributed by atoms with Gasteiger partial charge in [0.2, 0.25) is 0 Å². The van der Waals surface area contributed by atoms with Crippen molar-refractivity contribution in [3.63, 3.8) is 0 Å². The predicted octanol–water partition coefficient (Wildman–Crippen LogP) is 5.13. The largest absolute Gasteiger partial charge is 0.504 e. The van der Waals surface area contributed by atoms with Gasteiger partial charge in [0, 0.05) is 33.7 Å². The number of phenols is 1. The maximum absolute atomic E-state index is 10.9. The molecule has 1 N–H and O–H groups in total. The van der Waals surface area contributed by atoms with Crippen LogP contribution in [-0.4, -0.2) is 35.2 Å². The molecule has 0 aliphatic carbocycles. The molecule has 1 fully saturated rings. The molecule has 0 radical (unpaired) electrons. The van der Waals surface area contributed by atoms with Crippen LogP contribution in [0.4, 0.5) is 0 Å². The summed E-state index contributed by atoms with van der Waals surface area (Å²) in [4.78, 5) is 8.79. The summed E-state index contributed by atoms with van der Waals surface area (Å²) in [6.07, 6.45) is 2.44. The molecule has 4 nitrogen and oxygen atoms in total. The fourth-order valence-electron chi connectivity index (χ4n) is 4.31. The number of likely N-dealkylation sites (tertiary alicyclic amines) is 1. The fourth-order valence-corrected chi connectivity index (χ4v) is 5.43. The topological polar surface area (TPSA) is 45.6 Å². The first-order valence-electron chi connectivity index (χ1n) is 9.82. The Morgan fingerprint density at radius 1 is 1.18 bits per heavy atom. The number of hydrogen-bond acceptors (Lipinski definition) is 5. The molecule has 0 bridgehead atoms. The number of rotatable bonds is 3. The molecule has 0 unspecified atom stereocenters. The number of aromatic nitrogens is 1. The zero-order valence-corrected chi connectivity index (χ0v) is 17.1. The van der Waals surface area contributed by atoms with Crippen LogP contribution in [0.25, 0.3) is 22.2 Å². The van der Waals surface area contributed by atoms with E-state index in [9.17, 15) is 5.11 Å². The number of nitrogens with zero attached hydrogens (tertiary/aromatic N) is 2. The quantitative estimate of drug-likeness (QED) is 0.670. The van der Waals surface area contributed by atoms with E-state index in [1.807, 2.05) is 17.8 Å².